The van der Waals surface area contributed by atoms with Crippen LogP contribution >= 0.6 is 0 Å². The van der Waals surface area contributed by atoms with E-state index in [1.54, 1.807) is 72.8 Å². The Kier molecular flexibility index (Phi) is 7.32. The lowest BCUT2D eigenvalue weighted by atomic mass is 10.0. The molecule has 31 heavy (non-hydrogen) atoms. The summed E-state index contributed by atoms with van der Waals surface area (Å²) >= 11 is 0. The van der Waals surface area contributed by atoms with Crippen LogP contribution in [0.5, 0.6) is 0 Å². The lowest BCUT2D eigenvalue weighted by Crippen LogP contribution is -2.23. The first-order valence-electron chi connectivity index (χ1n) is 9.92. The average molecular weight is 413 g/mol. The third-order valence-electron chi connectivity index (χ3n) is 4.36. The maximum Gasteiger partial charge on any atom is 0.258 e. The Morgan fingerprint density at radius 2 is 1.29 bits per heavy atom. The van der Waals surface area contributed by atoms with Gasteiger partial charge in [-0.25, -0.2) is 0 Å². The minimum absolute atomic E-state index is 0.0815. The molecule has 0 radical (unpaired) electrons. The van der Waals surface area contributed by atoms with Crippen LogP contribution in [-0.4, -0.2) is 17.7 Å². The monoisotopic (exact) mass is 413 g/mol. The van der Waals surface area contributed by atoms with Crippen molar-refractivity contribution in [3.8, 4) is 0 Å². The molecule has 3 N–H and O–H groups in total. The minimum atomic E-state index is -0.500. The van der Waals surface area contributed by atoms with E-state index in [4.69, 9.17) is 0 Å². The Balaban J connectivity index is 1.97. The van der Waals surface area contributed by atoms with Crippen LogP contribution in [0, 0.1) is 0 Å². The molecule has 6 heteroatoms. The number of carbonyl (C=O) groups is 3. The van der Waals surface area contributed by atoms with Crippen LogP contribution < -0.4 is 16.0 Å². The van der Waals surface area contributed by atoms with E-state index in [1.165, 1.54) is 6.08 Å². The van der Waals surface area contributed by atoms with Gasteiger partial charge in [-0.05, 0) is 48.9 Å². The first kappa shape index (κ1) is 21.5. The van der Waals surface area contributed by atoms with Gasteiger partial charge in [0.15, 0.2) is 0 Å². The molecule has 0 spiro atoms. The lowest BCUT2D eigenvalue weighted by Gasteiger charge is -2.15. The lowest BCUT2D eigenvalue weighted by molar-refractivity contribution is -0.111. The summed E-state index contributed by atoms with van der Waals surface area (Å²) in [4.78, 5) is 38.4. The van der Waals surface area contributed by atoms with E-state index in [0.29, 0.717) is 17.8 Å². The van der Waals surface area contributed by atoms with E-state index in [0.717, 1.165) is 0 Å². The van der Waals surface area contributed by atoms with Crippen LogP contribution in [0.25, 0.3) is 0 Å². The molecule has 3 aromatic carbocycles. The number of allylic oxidation sites excluding steroid dienone is 1. The number of benzene rings is 3. The number of para-hydroxylation sites is 2. The fraction of sp³-hybridized carbons (Fsp3) is 0.0800. The second-order valence-corrected chi connectivity index (χ2v) is 6.67. The van der Waals surface area contributed by atoms with Crippen molar-refractivity contribution in [3.05, 3.63) is 102 Å². The van der Waals surface area contributed by atoms with Crippen molar-refractivity contribution in [2.24, 2.45) is 0 Å². The molecule has 0 saturated carbocycles. The number of amides is 3. The van der Waals surface area contributed by atoms with E-state index in [-0.39, 0.29) is 22.7 Å². The molecule has 0 aromatic heterocycles. The Morgan fingerprint density at radius 3 is 1.87 bits per heavy atom. The zero-order valence-corrected chi connectivity index (χ0v) is 17.1. The molecule has 0 saturated heterocycles. The van der Waals surface area contributed by atoms with Crippen molar-refractivity contribution >= 4 is 34.8 Å². The first-order valence-corrected chi connectivity index (χ1v) is 9.92. The summed E-state index contributed by atoms with van der Waals surface area (Å²) in [5.41, 5.74) is 1.66. The quantitative estimate of drug-likeness (QED) is 0.471. The summed E-state index contributed by atoms with van der Waals surface area (Å²) in [6.45, 7) is 1.91. The highest BCUT2D eigenvalue weighted by Crippen LogP contribution is 2.23. The summed E-state index contributed by atoms with van der Waals surface area (Å²) in [5, 5.41) is 8.28. The Bertz CT molecular complexity index is 1090. The molecule has 0 heterocycles. The van der Waals surface area contributed by atoms with Gasteiger partial charge >= 0.3 is 0 Å². The fourth-order valence-electron chi connectivity index (χ4n) is 2.92. The smallest absolute Gasteiger partial charge is 0.258 e. The van der Waals surface area contributed by atoms with E-state index in [9.17, 15) is 14.4 Å². The fourth-order valence-corrected chi connectivity index (χ4v) is 2.92. The summed E-state index contributed by atoms with van der Waals surface area (Å²) < 4.78 is 0. The average Bonchev–Trinajstić information content (AvgIpc) is 2.78. The van der Waals surface area contributed by atoms with Crippen molar-refractivity contribution in [1.82, 2.24) is 0 Å². The molecule has 3 aromatic rings. The molecule has 0 fully saturated rings. The predicted octanol–water partition coefficient (Wildman–Crippen LogP) is 5.10. The number of nitrogens with one attached hydrogen (secondary N) is 3. The molecule has 0 aliphatic rings. The molecule has 3 amide bonds. The Labute approximate surface area is 181 Å². The number of hydrogen-bond donors (Lipinski definition) is 3. The molecular formula is C25H23N3O3. The summed E-state index contributed by atoms with van der Waals surface area (Å²) in [6, 6.07) is 22.6. The van der Waals surface area contributed by atoms with Crippen molar-refractivity contribution in [2.45, 2.75) is 13.3 Å². The van der Waals surface area contributed by atoms with Crippen LogP contribution in [0.3, 0.4) is 0 Å². The maximum absolute atomic E-state index is 13.1. The van der Waals surface area contributed by atoms with Gasteiger partial charge in [0.25, 0.3) is 11.8 Å². The van der Waals surface area contributed by atoms with Gasteiger partial charge in [-0.2, -0.15) is 0 Å². The van der Waals surface area contributed by atoms with Gasteiger partial charge in [0.05, 0.1) is 16.8 Å². The van der Waals surface area contributed by atoms with Gasteiger partial charge in [0.1, 0.15) is 0 Å². The molecule has 156 valence electrons. The Morgan fingerprint density at radius 1 is 0.710 bits per heavy atom. The highest BCUT2D eigenvalue weighted by atomic mass is 16.2. The number of rotatable bonds is 7. The topological polar surface area (TPSA) is 87.3 Å². The van der Waals surface area contributed by atoms with Crippen molar-refractivity contribution in [2.75, 3.05) is 16.0 Å². The zero-order chi connectivity index (χ0) is 22.1. The third kappa shape index (κ3) is 5.90. The number of hydrogen-bond acceptors (Lipinski definition) is 3. The normalized spacial score (nSPS) is 10.5. The molecule has 3 rings (SSSR count). The van der Waals surface area contributed by atoms with Crippen LogP contribution in [0.15, 0.2) is 91.0 Å². The first-order chi connectivity index (χ1) is 15.1. The second-order valence-electron chi connectivity index (χ2n) is 6.67. The molecule has 0 bridgehead atoms. The standard InChI is InChI=1S/C25H23N3O3/c1-2-3-17-22(29)28-21-16-10-15-20(24(30)26-18-11-6-4-7-12-18)23(21)25(31)27-19-13-8-5-9-14-19/h3-17H,2H2,1H3,(H,26,30)(H,27,31)(H,28,29). The van der Waals surface area contributed by atoms with E-state index < -0.39 is 11.8 Å². The van der Waals surface area contributed by atoms with Crippen LogP contribution in [-0.2, 0) is 4.79 Å². The van der Waals surface area contributed by atoms with Gasteiger partial charge in [-0.15, -0.1) is 0 Å². The van der Waals surface area contributed by atoms with Gasteiger partial charge in [-0.3, -0.25) is 14.4 Å². The number of carbonyl (C=O) groups excluding carboxylic acids is 3. The highest BCUT2D eigenvalue weighted by molar-refractivity contribution is 6.19. The second kappa shape index (κ2) is 10.5. The van der Waals surface area contributed by atoms with Crippen LogP contribution in [0.1, 0.15) is 34.1 Å². The molecule has 0 unspecified atom stereocenters. The molecule has 0 aliphatic carbocycles. The highest BCUT2D eigenvalue weighted by Gasteiger charge is 2.22. The van der Waals surface area contributed by atoms with Gasteiger partial charge < -0.3 is 16.0 Å². The minimum Gasteiger partial charge on any atom is -0.322 e. The van der Waals surface area contributed by atoms with E-state index >= 15 is 0 Å². The SMILES string of the molecule is CCC=CC(=O)Nc1cccc(C(=O)Nc2ccccc2)c1C(=O)Nc1ccccc1. The van der Waals surface area contributed by atoms with Gasteiger partial charge in [-0.1, -0.05) is 55.5 Å². The largest absolute Gasteiger partial charge is 0.322 e. The zero-order valence-electron chi connectivity index (χ0n) is 17.1. The number of anilines is 3. The van der Waals surface area contributed by atoms with Gasteiger partial charge in [0.2, 0.25) is 5.91 Å². The van der Waals surface area contributed by atoms with Crippen molar-refractivity contribution < 1.29 is 14.4 Å². The molecule has 0 aliphatic heterocycles. The Hall–Kier alpha value is -4.19. The molecular weight excluding hydrogens is 390 g/mol. The van der Waals surface area contributed by atoms with E-state index in [1.807, 2.05) is 19.1 Å². The predicted molar refractivity (Wildman–Crippen MR) is 123 cm³/mol. The summed E-state index contributed by atoms with van der Waals surface area (Å²) in [7, 11) is 0. The summed E-state index contributed by atoms with van der Waals surface area (Å²) in [5.74, 6) is -1.33. The molecule has 0 atom stereocenters. The van der Waals surface area contributed by atoms with Gasteiger partial charge in [0, 0.05) is 11.4 Å². The van der Waals surface area contributed by atoms with Crippen molar-refractivity contribution in [3.63, 3.8) is 0 Å². The maximum atomic E-state index is 13.1. The van der Waals surface area contributed by atoms with Crippen molar-refractivity contribution in [1.29, 1.82) is 0 Å². The van der Waals surface area contributed by atoms with Crippen LogP contribution in [0.4, 0.5) is 17.1 Å². The third-order valence-corrected chi connectivity index (χ3v) is 4.36. The van der Waals surface area contributed by atoms with Crippen LogP contribution in [0.2, 0.25) is 0 Å². The van der Waals surface area contributed by atoms with E-state index in [2.05, 4.69) is 16.0 Å². The summed E-state index contributed by atoms with van der Waals surface area (Å²) in [6.07, 6.45) is 3.81. The molecule has 6 nitrogen and oxygen atoms in total.